The second-order valence-electron chi connectivity index (χ2n) is 6.26. The van der Waals surface area contributed by atoms with E-state index in [4.69, 9.17) is 4.74 Å². The summed E-state index contributed by atoms with van der Waals surface area (Å²) in [6, 6.07) is 8.74. The molecule has 124 valence electrons. The van der Waals surface area contributed by atoms with E-state index in [9.17, 15) is 5.11 Å². The Morgan fingerprint density at radius 2 is 1.77 bits per heavy atom. The number of nitrogens with zero attached hydrogens (tertiary/aromatic N) is 2. The number of methoxy groups -OCH3 is 1. The molecule has 1 saturated heterocycles. The Kier molecular flexibility index (Phi) is 6.68. The summed E-state index contributed by atoms with van der Waals surface area (Å²) in [6.45, 7) is 10.1. The van der Waals surface area contributed by atoms with Gasteiger partial charge in [-0.3, -0.25) is 4.90 Å². The zero-order chi connectivity index (χ0) is 15.9. The van der Waals surface area contributed by atoms with Crippen molar-refractivity contribution in [3.8, 4) is 5.75 Å². The number of hydrogen-bond acceptors (Lipinski definition) is 4. The van der Waals surface area contributed by atoms with Gasteiger partial charge in [-0.1, -0.05) is 26.0 Å². The minimum atomic E-state index is 0.277. The van der Waals surface area contributed by atoms with Crippen LogP contribution in [0.4, 0.5) is 0 Å². The molecule has 1 N–H and O–H groups in total. The molecule has 0 bridgehead atoms. The first-order chi connectivity index (χ1) is 10.7. The van der Waals surface area contributed by atoms with E-state index in [0.717, 1.165) is 44.9 Å². The summed E-state index contributed by atoms with van der Waals surface area (Å²) in [6.07, 6.45) is 1.03. The molecule has 0 aromatic heterocycles. The number of benzene rings is 1. The summed E-state index contributed by atoms with van der Waals surface area (Å²) in [5, 5.41) is 9.42. The number of aliphatic hydroxyl groups is 1. The van der Waals surface area contributed by atoms with Gasteiger partial charge < -0.3 is 14.7 Å². The fourth-order valence-electron chi connectivity index (χ4n) is 3.24. The Labute approximate surface area is 134 Å². The van der Waals surface area contributed by atoms with E-state index in [2.05, 4.69) is 35.8 Å². The largest absolute Gasteiger partial charge is 0.497 e. The fourth-order valence-corrected chi connectivity index (χ4v) is 3.24. The SMILES string of the molecule is CCC(CO)N1CCN(CC(C)c2ccc(OC)cc2)CC1. The van der Waals surface area contributed by atoms with Gasteiger partial charge in [-0.15, -0.1) is 0 Å². The maximum Gasteiger partial charge on any atom is 0.118 e. The predicted molar refractivity (Wildman–Crippen MR) is 90.6 cm³/mol. The van der Waals surface area contributed by atoms with Crippen LogP contribution in [0.3, 0.4) is 0 Å². The standard InChI is InChI=1S/C18H30N2O2/c1-4-17(14-21)20-11-9-19(10-12-20)13-15(2)16-5-7-18(22-3)8-6-16/h5-8,15,17,21H,4,9-14H2,1-3H3. The number of rotatable bonds is 7. The molecule has 1 fully saturated rings. The number of hydrogen-bond donors (Lipinski definition) is 1. The van der Waals surface area contributed by atoms with E-state index < -0.39 is 0 Å². The maximum atomic E-state index is 9.42. The smallest absolute Gasteiger partial charge is 0.118 e. The average Bonchev–Trinajstić information content (AvgIpc) is 2.57. The molecule has 4 nitrogen and oxygen atoms in total. The van der Waals surface area contributed by atoms with Crippen molar-refractivity contribution in [2.24, 2.45) is 0 Å². The molecule has 2 unspecified atom stereocenters. The molecule has 0 aliphatic carbocycles. The lowest BCUT2D eigenvalue weighted by molar-refractivity contribution is 0.0618. The van der Waals surface area contributed by atoms with Crippen molar-refractivity contribution in [1.29, 1.82) is 0 Å². The maximum absolute atomic E-state index is 9.42. The molecule has 0 saturated carbocycles. The number of piperazine rings is 1. The zero-order valence-corrected chi connectivity index (χ0v) is 14.2. The van der Waals surface area contributed by atoms with Gasteiger partial charge in [0, 0.05) is 38.8 Å². The molecular formula is C18H30N2O2. The lowest BCUT2D eigenvalue weighted by Crippen LogP contribution is -2.51. The Morgan fingerprint density at radius 1 is 1.14 bits per heavy atom. The van der Waals surface area contributed by atoms with E-state index in [0.29, 0.717) is 12.0 Å². The van der Waals surface area contributed by atoms with Crippen molar-refractivity contribution in [2.75, 3.05) is 46.4 Å². The molecule has 2 rings (SSSR count). The topological polar surface area (TPSA) is 35.9 Å². The van der Waals surface area contributed by atoms with Gasteiger partial charge in [-0.05, 0) is 30.0 Å². The lowest BCUT2D eigenvalue weighted by atomic mass is 10.00. The summed E-state index contributed by atoms with van der Waals surface area (Å²) in [4.78, 5) is 4.96. The van der Waals surface area contributed by atoms with Gasteiger partial charge in [0.2, 0.25) is 0 Å². The molecule has 4 heteroatoms. The minimum absolute atomic E-state index is 0.277. The molecule has 1 heterocycles. The summed E-state index contributed by atoms with van der Waals surface area (Å²) in [7, 11) is 1.70. The van der Waals surface area contributed by atoms with Crippen LogP contribution in [-0.2, 0) is 0 Å². The van der Waals surface area contributed by atoms with Gasteiger partial charge in [-0.25, -0.2) is 0 Å². The van der Waals surface area contributed by atoms with Gasteiger partial charge in [0.15, 0.2) is 0 Å². The molecule has 0 spiro atoms. The highest BCUT2D eigenvalue weighted by molar-refractivity contribution is 5.29. The van der Waals surface area contributed by atoms with E-state index in [1.165, 1.54) is 5.56 Å². The van der Waals surface area contributed by atoms with Crippen molar-refractivity contribution in [3.05, 3.63) is 29.8 Å². The van der Waals surface area contributed by atoms with Gasteiger partial charge in [0.25, 0.3) is 0 Å². The van der Waals surface area contributed by atoms with Crippen LogP contribution in [0.5, 0.6) is 5.75 Å². The Bertz CT molecular complexity index is 423. The quantitative estimate of drug-likeness (QED) is 0.838. The van der Waals surface area contributed by atoms with Gasteiger partial charge in [0.1, 0.15) is 5.75 Å². The molecule has 22 heavy (non-hydrogen) atoms. The van der Waals surface area contributed by atoms with E-state index in [-0.39, 0.29) is 6.61 Å². The molecule has 0 radical (unpaired) electrons. The normalized spacial score (nSPS) is 19.8. The predicted octanol–water partition coefficient (Wildman–Crippen LogP) is 2.19. The highest BCUT2D eigenvalue weighted by atomic mass is 16.5. The molecule has 2 atom stereocenters. The molecule has 1 aliphatic heterocycles. The third-order valence-corrected chi connectivity index (χ3v) is 4.82. The number of aliphatic hydroxyl groups excluding tert-OH is 1. The van der Waals surface area contributed by atoms with Crippen LogP contribution in [0.2, 0.25) is 0 Å². The van der Waals surface area contributed by atoms with Crippen LogP contribution in [0, 0.1) is 0 Å². The molecule has 1 aliphatic rings. The Hall–Kier alpha value is -1.10. The van der Waals surface area contributed by atoms with Crippen LogP contribution in [0.25, 0.3) is 0 Å². The summed E-state index contributed by atoms with van der Waals surface area (Å²) in [5.74, 6) is 1.44. The Morgan fingerprint density at radius 3 is 2.27 bits per heavy atom. The van der Waals surface area contributed by atoms with Crippen molar-refractivity contribution >= 4 is 0 Å². The fraction of sp³-hybridized carbons (Fsp3) is 0.667. The molecule has 0 amide bonds. The van der Waals surface area contributed by atoms with Crippen LogP contribution < -0.4 is 4.74 Å². The van der Waals surface area contributed by atoms with Crippen molar-refractivity contribution in [2.45, 2.75) is 32.2 Å². The highest BCUT2D eigenvalue weighted by Crippen LogP contribution is 2.21. The minimum Gasteiger partial charge on any atom is -0.497 e. The molecule has 1 aromatic rings. The van der Waals surface area contributed by atoms with Crippen LogP contribution >= 0.6 is 0 Å². The van der Waals surface area contributed by atoms with Crippen molar-refractivity contribution in [1.82, 2.24) is 9.80 Å². The zero-order valence-electron chi connectivity index (χ0n) is 14.2. The average molecular weight is 306 g/mol. The van der Waals surface area contributed by atoms with Crippen LogP contribution in [0.1, 0.15) is 31.7 Å². The third kappa shape index (κ3) is 4.45. The summed E-state index contributed by atoms with van der Waals surface area (Å²) < 4.78 is 5.22. The van der Waals surface area contributed by atoms with Crippen molar-refractivity contribution < 1.29 is 9.84 Å². The van der Waals surface area contributed by atoms with Gasteiger partial charge in [0.05, 0.1) is 13.7 Å². The van der Waals surface area contributed by atoms with Gasteiger partial charge >= 0.3 is 0 Å². The van der Waals surface area contributed by atoms with E-state index in [1.807, 2.05) is 12.1 Å². The third-order valence-electron chi connectivity index (χ3n) is 4.82. The van der Waals surface area contributed by atoms with Crippen LogP contribution in [0.15, 0.2) is 24.3 Å². The van der Waals surface area contributed by atoms with Crippen molar-refractivity contribution in [3.63, 3.8) is 0 Å². The summed E-state index contributed by atoms with van der Waals surface area (Å²) in [5.41, 5.74) is 1.37. The summed E-state index contributed by atoms with van der Waals surface area (Å²) >= 11 is 0. The highest BCUT2D eigenvalue weighted by Gasteiger charge is 2.23. The second-order valence-corrected chi connectivity index (χ2v) is 6.26. The molecule has 1 aromatic carbocycles. The van der Waals surface area contributed by atoms with Gasteiger partial charge in [-0.2, -0.15) is 0 Å². The first-order valence-electron chi connectivity index (χ1n) is 8.39. The Balaban J connectivity index is 1.82. The second kappa shape index (κ2) is 8.51. The van der Waals surface area contributed by atoms with Crippen LogP contribution in [-0.4, -0.2) is 67.4 Å². The first-order valence-corrected chi connectivity index (χ1v) is 8.39. The van der Waals surface area contributed by atoms with E-state index in [1.54, 1.807) is 7.11 Å². The number of ether oxygens (including phenoxy) is 1. The molecular weight excluding hydrogens is 276 g/mol. The first kappa shape index (κ1) is 17.3. The monoisotopic (exact) mass is 306 g/mol. The lowest BCUT2D eigenvalue weighted by Gasteiger charge is -2.39. The van der Waals surface area contributed by atoms with E-state index >= 15 is 0 Å².